The summed E-state index contributed by atoms with van der Waals surface area (Å²) in [5, 5.41) is 7.64. The Balaban J connectivity index is 1.54. The normalized spacial score (nSPS) is 13.6. The number of anilines is 2. The molecule has 2 heterocycles. The fourth-order valence-corrected chi connectivity index (χ4v) is 4.68. The third-order valence-electron chi connectivity index (χ3n) is 4.93. The molecule has 3 aromatic rings. The molecule has 2 aromatic heterocycles. The van der Waals surface area contributed by atoms with Crippen molar-refractivity contribution in [3.63, 3.8) is 0 Å². The maximum Gasteiger partial charge on any atom is 0.226 e. The van der Waals surface area contributed by atoms with Crippen molar-refractivity contribution in [2.24, 2.45) is 5.92 Å². The topological polar surface area (TPSA) is 66.9 Å². The summed E-state index contributed by atoms with van der Waals surface area (Å²) in [5.41, 5.74) is 3.36. The fraction of sp³-hybridized carbons (Fsp3) is 0.381. The number of hydrogen-bond acceptors (Lipinski definition) is 5. The minimum absolute atomic E-state index is 0.0301. The fourth-order valence-electron chi connectivity index (χ4n) is 3.46. The predicted octanol–water partition coefficient (Wildman–Crippen LogP) is 4.78. The van der Waals surface area contributed by atoms with E-state index in [1.54, 1.807) is 6.33 Å². The van der Waals surface area contributed by atoms with E-state index in [2.05, 4.69) is 26.7 Å². The molecule has 6 heteroatoms. The number of thiophene rings is 1. The SMILES string of the molecule is CC(C)C(=O)Nc1cccc(CNc2ncnc3sc4c(c23)CCCC4)c1. The van der Waals surface area contributed by atoms with Crippen LogP contribution in [0, 0.1) is 5.92 Å². The maximum absolute atomic E-state index is 11.9. The van der Waals surface area contributed by atoms with E-state index in [0.29, 0.717) is 6.54 Å². The van der Waals surface area contributed by atoms with Crippen LogP contribution in [0.5, 0.6) is 0 Å². The van der Waals surface area contributed by atoms with Crippen molar-refractivity contribution in [2.45, 2.75) is 46.1 Å². The Bertz CT molecular complexity index is 979. The third kappa shape index (κ3) is 3.81. The van der Waals surface area contributed by atoms with Gasteiger partial charge in [0, 0.05) is 23.0 Å². The Morgan fingerprint density at radius 2 is 2.07 bits per heavy atom. The van der Waals surface area contributed by atoms with Crippen LogP contribution in [0.4, 0.5) is 11.5 Å². The van der Waals surface area contributed by atoms with Crippen LogP contribution in [0.15, 0.2) is 30.6 Å². The zero-order valence-electron chi connectivity index (χ0n) is 15.7. The van der Waals surface area contributed by atoms with E-state index in [1.807, 2.05) is 43.4 Å². The van der Waals surface area contributed by atoms with Gasteiger partial charge in [-0.2, -0.15) is 0 Å². The lowest BCUT2D eigenvalue weighted by Gasteiger charge is -2.13. The Hall–Kier alpha value is -2.47. The van der Waals surface area contributed by atoms with Gasteiger partial charge in [0.25, 0.3) is 0 Å². The second-order valence-electron chi connectivity index (χ2n) is 7.31. The van der Waals surface area contributed by atoms with Crippen molar-refractivity contribution in [3.8, 4) is 0 Å². The molecule has 0 radical (unpaired) electrons. The van der Waals surface area contributed by atoms with Gasteiger partial charge in [0.05, 0.1) is 5.39 Å². The molecule has 0 aliphatic heterocycles. The summed E-state index contributed by atoms with van der Waals surface area (Å²) < 4.78 is 0. The van der Waals surface area contributed by atoms with Crippen LogP contribution in [-0.2, 0) is 24.2 Å². The first kappa shape index (κ1) is 17.9. The number of nitrogens with zero attached hydrogens (tertiary/aromatic N) is 2. The molecule has 0 fully saturated rings. The molecule has 0 bridgehead atoms. The highest BCUT2D eigenvalue weighted by Crippen LogP contribution is 2.38. The van der Waals surface area contributed by atoms with Crippen LogP contribution in [0.1, 0.15) is 42.7 Å². The Kier molecular flexibility index (Phi) is 5.07. The third-order valence-corrected chi connectivity index (χ3v) is 6.13. The number of fused-ring (bicyclic) bond motifs is 3. The first-order chi connectivity index (χ1) is 13.1. The molecular formula is C21H24N4OS. The standard InChI is InChI=1S/C21H24N4OS/c1-13(2)20(26)25-15-7-5-6-14(10-15)11-22-19-18-16-8-3-4-9-17(16)27-21(18)24-12-23-19/h5-7,10,12-13H,3-4,8-9,11H2,1-2H3,(H,25,26)(H,22,23,24). The molecule has 0 unspecified atom stereocenters. The van der Waals surface area contributed by atoms with Gasteiger partial charge in [-0.1, -0.05) is 26.0 Å². The first-order valence-electron chi connectivity index (χ1n) is 9.50. The molecule has 1 aromatic carbocycles. The summed E-state index contributed by atoms with van der Waals surface area (Å²) in [6.45, 7) is 4.44. The van der Waals surface area contributed by atoms with Gasteiger partial charge in [0.15, 0.2) is 0 Å². The molecule has 1 aliphatic carbocycles. The number of aryl methyl sites for hydroxylation is 2. The monoisotopic (exact) mass is 380 g/mol. The largest absolute Gasteiger partial charge is 0.365 e. The van der Waals surface area contributed by atoms with Crippen molar-refractivity contribution < 1.29 is 4.79 Å². The molecule has 1 amide bonds. The van der Waals surface area contributed by atoms with Crippen molar-refractivity contribution in [1.29, 1.82) is 0 Å². The Morgan fingerprint density at radius 1 is 1.22 bits per heavy atom. The quantitative estimate of drug-likeness (QED) is 0.669. The van der Waals surface area contributed by atoms with Gasteiger partial charge in [-0.15, -0.1) is 11.3 Å². The van der Waals surface area contributed by atoms with Crippen LogP contribution in [0.3, 0.4) is 0 Å². The average molecular weight is 381 g/mol. The van der Waals surface area contributed by atoms with Gasteiger partial charge in [-0.05, 0) is 48.9 Å². The highest BCUT2D eigenvalue weighted by Gasteiger charge is 2.19. The van der Waals surface area contributed by atoms with Gasteiger partial charge in [0.2, 0.25) is 5.91 Å². The molecule has 0 saturated carbocycles. The second kappa shape index (κ2) is 7.64. The summed E-state index contributed by atoms with van der Waals surface area (Å²) in [4.78, 5) is 23.5. The molecular weight excluding hydrogens is 356 g/mol. The zero-order valence-corrected chi connectivity index (χ0v) is 16.5. The number of hydrogen-bond donors (Lipinski definition) is 2. The van der Waals surface area contributed by atoms with Crippen molar-refractivity contribution >= 4 is 39.0 Å². The number of nitrogens with one attached hydrogen (secondary N) is 2. The Labute approximate surface area is 163 Å². The lowest BCUT2D eigenvalue weighted by atomic mass is 9.97. The van der Waals surface area contributed by atoms with Crippen LogP contribution < -0.4 is 10.6 Å². The van der Waals surface area contributed by atoms with E-state index in [9.17, 15) is 4.79 Å². The van der Waals surface area contributed by atoms with E-state index in [0.717, 1.165) is 34.7 Å². The van der Waals surface area contributed by atoms with E-state index < -0.39 is 0 Å². The second-order valence-corrected chi connectivity index (χ2v) is 8.39. The number of carbonyl (C=O) groups excluding carboxylic acids is 1. The summed E-state index contributed by atoms with van der Waals surface area (Å²) >= 11 is 1.81. The van der Waals surface area contributed by atoms with Gasteiger partial charge in [-0.25, -0.2) is 9.97 Å². The molecule has 2 N–H and O–H groups in total. The lowest BCUT2D eigenvalue weighted by Crippen LogP contribution is -2.17. The molecule has 4 rings (SSSR count). The maximum atomic E-state index is 11.9. The zero-order chi connectivity index (χ0) is 18.8. The summed E-state index contributed by atoms with van der Waals surface area (Å²) in [5.74, 6) is 0.907. The highest BCUT2D eigenvalue weighted by molar-refractivity contribution is 7.19. The lowest BCUT2D eigenvalue weighted by molar-refractivity contribution is -0.118. The summed E-state index contributed by atoms with van der Waals surface area (Å²) in [6, 6.07) is 7.95. The molecule has 1 aliphatic rings. The number of amides is 1. The molecule has 0 saturated heterocycles. The average Bonchev–Trinajstić information content (AvgIpc) is 3.06. The van der Waals surface area contributed by atoms with Crippen LogP contribution in [0.25, 0.3) is 10.2 Å². The van der Waals surface area contributed by atoms with E-state index >= 15 is 0 Å². The molecule has 0 atom stereocenters. The highest BCUT2D eigenvalue weighted by atomic mass is 32.1. The van der Waals surface area contributed by atoms with Crippen LogP contribution >= 0.6 is 11.3 Å². The number of rotatable bonds is 5. The van der Waals surface area contributed by atoms with Crippen molar-refractivity contribution in [2.75, 3.05) is 10.6 Å². The van der Waals surface area contributed by atoms with E-state index in [-0.39, 0.29) is 11.8 Å². The van der Waals surface area contributed by atoms with Gasteiger partial charge in [0.1, 0.15) is 17.0 Å². The number of benzene rings is 1. The molecule has 0 spiro atoms. The minimum Gasteiger partial charge on any atom is -0.365 e. The van der Waals surface area contributed by atoms with Gasteiger partial charge < -0.3 is 10.6 Å². The van der Waals surface area contributed by atoms with Crippen LogP contribution in [-0.4, -0.2) is 15.9 Å². The summed E-state index contributed by atoms with van der Waals surface area (Å²) in [7, 11) is 0. The number of aromatic nitrogens is 2. The summed E-state index contributed by atoms with van der Waals surface area (Å²) in [6.07, 6.45) is 6.43. The predicted molar refractivity (Wildman–Crippen MR) is 111 cm³/mol. The van der Waals surface area contributed by atoms with E-state index in [1.165, 1.54) is 28.7 Å². The van der Waals surface area contributed by atoms with Crippen molar-refractivity contribution in [1.82, 2.24) is 9.97 Å². The number of carbonyl (C=O) groups is 1. The van der Waals surface area contributed by atoms with Crippen molar-refractivity contribution in [3.05, 3.63) is 46.6 Å². The van der Waals surface area contributed by atoms with Gasteiger partial charge >= 0.3 is 0 Å². The molecule has 27 heavy (non-hydrogen) atoms. The first-order valence-corrected chi connectivity index (χ1v) is 10.3. The smallest absolute Gasteiger partial charge is 0.226 e. The minimum atomic E-state index is -0.0362. The van der Waals surface area contributed by atoms with Crippen LogP contribution in [0.2, 0.25) is 0 Å². The van der Waals surface area contributed by atoms with Gasteiger partial charge in [-0.3, -0.25) is 4.79 Å². The Morgan fingerprint density at radius 3 is 2.93 bits per heavy atom. The molecule has 5 nitrogen and oxygen atoms in total. The van der Waals surface area contributed by atoms with E-state index in [4.69, 9.17) is 0 Å². The molecule has 140 valence electrons.